The fraction of sp³-hybridized carbons (Fsp3) is 0.250. The molecule has 1 saturated carbocycles. The van der Waals surface area contributed by atoms with E-state index in [1.54, 1.807) is 12.1 Å². The van der Waals surface area contributed by atoms with Gasteiger partial charge in [0.15, 0.2) is 6.04 Å². The van der Waals surface area contributed by atoms with Crippen LogP contribution in [0.4, 0.5) is 29.5 Å². The summed E-state index contributed by atoms with van der Waals surface area (Å²) in [4.78, 5) is 46.9. The molecule has 0 unspecified atom stereocenters. The Balaban J connectivity index is 1.61. The number of carbonyl (C=O) groups is 3. The van der Waals surface area contributed by atoms with Crippen molar-refractivity contribution >= 4 is 41.0 Å². The fourth-order valence-corrected chi connectivity index (χ4v) is 5.04. The third kappa shape index (κ3) is 5.67. The smallest absolute Gasteiger partial charge is 0.416 e. The minimum absolute atomic E-state index is 0.0560. The van der Waals surface area contributed by atoms with E-state index in [0.29, 0.717) is 0 Å². The average Bonchev–Trinajstić information content (AvgIpc) is 3.32. The predicted octanol–water partition coefficient (Wildman–Crippen LogP) is 4.76. The van der Waals surface area contributed by atoms with E-state index in [2.05, 4.69) is 10.3 Å². The molecule has 3 amide bonds. The Kier molecular flexibility index (Phi) is 7.55. The van der Waals surface area contributed by atoms with Crippen molar-refractivity contribution in [2.45, 2.75) is 36.9 Å². The molecule has 2 aromatic carbocycles. The molecule has 1 aliphatic heterocycles. The molecule has 1 aliphatic carbocycles. The molecule has 0 bridgehead atoms. The van der Waals surface area contributed by atoms with Crippen LogP contribution in [0.3, 0.4) is 0 Å². The molecule has 2 heterocycles. The van der Waals surface area contributed by atoms with Crippen molar-refractivity contribution in [1.29, 1.82) is 5.26 Å². The lowest BCUT2D eigenvalue weighted by Crippen LogP contribution is -2.56. The molecule has 2 aliphatic rings. The van der Waals surface area contributed by atoms with Gasteiger partial charge < -0.3 is 10.1 Å². The Labute approximate surface area is 237 Å². The van der Waals surface area contributed by atoms with E-state index >= 15 is 0 Å². The average molecular weight is 584 g/mol. The van der Waals surface area contributed by atoms with Gasteiger partial charge in [-0.05, 0) is 36.4 Å². The Morgan fingerprint density at radius 1 is 1.17 bits per heavy atom. The van der Waals surface area contributed by atoms with Crippen LogP contribution in [0.5, 0.6) is 0 Å². The number of alkyl halides is 2. The number of amides is 3. The fourth-order valence-electron chi connectivity index (χ4n) is 4.80. The normalized spacial score (nSPS) is 18.6. The second kappa shape index (κ2) is 11.1. The van der Waals surface area contributed by atoms with Crippen molar-refractivity contribution in [3.63, 3.8) is 0 Å². The number of cyclic esters (lactones) is 1. The number of anilines is 2. The number of hydrogen-bond acceptors (Lipinski definition) is 6. The summed E-state index contributed by atoms with van der Waals surface area (Å²) in [5, 5.41) is 11.9. The maximum Gasteiger partial charge on any atom is 0.416 e. The molecule has 5 rings (SSSR count). The number of carbonyl (C=O) groups excluding carboxylic acids is 3. The monoisotopic (exact) mass is 583 g/mol. The van der Waals surface area contributed by atoms with Crippen molar-refractivity contribution in [2.75, 3.05) is 16.4 Å². The zero-order valence-corrected chi connectivity index (χ0v) is 21.9. The lowest BCUT2D eigenvalue weighted by atomic mass is 9.87. The zero-order valence-electron chi connectivity index (χ0n) is 21.1. The van der Waals surface area contributed by atoms with Crippen LogP contribution in [0.25, 0.3) is 0 Å². The lowest BCUT2D eigenvalue weighted by Gasteiger charge is -2.39. The van der Waals surface area contributed by atoms with Gasteiger partial charge in [0.25, 0.3) is 11.8 Å². The van der Waals surface area contributed by atoms with Gasteiger partial charge in [-0.15, -0.1) is 0 Å². The zero-order chi connectivity index (χ0) is 29.3. The molecule has 3 aromatic rings. The molecule has 13 heteroatoms. The molecule has 41 heavy (non-hydrogen) atoms. The predicted molar refractivity (Wildman–Crippen MR) is 141 cm³/mol. The highest BCUT2D eigenvalue weighted by Gasteiger charge is 2.49. The highest BCUT2D eigenvalue weighted by molar-refractivity contribution is 6.31. The molecule has 2 atom stereocenters. The standard InChI is InChI=1S/C28H21ClF3N5O4/c29-21-7-2-1-6-20(21)24(25(38)35-18-12-28(31,32)13-18)36(19-5-3-4-17(30)11-19)26(39)22-15-41-27(40)37(22)23-10-16(14-33)8-9-34-23/h1-11,18,22,24H,12-13,15H2,(H,35,38)/t22-,24-/m0/s1. The molecule has 0 spiro atoms. The molecular weight excluding hydrogens is 563 g/mol. The van der Waals surface area contributed by atoms with Crippen LogP contribution in [-0.4, -0.2) is 47.5 Å². The summed E-state index contributed by atoms with van der Waals surface area (Å²) in [6, 6.07) is 11.8. The van der Waals surface area contributed by atoms with E-state index in [1.165, 1.54) is 42.6 Å². The minimum atomic E-state index is -2.93. The van der Waals surface area contributed by atoms with E-state index in [1.807, 2.05) is 6.07 Å². The Hall–Kier alpha value is -4.63. The summed E-state index contributed by atoms with van der Waals surface area (Å²) in [5.74, 6) is -5.42. The van der Waals surface area contributed by atoms with Crippen LogP contribution >= 0.6 is 11.6 Å². The van der Waals surface area contributed by atoms with Gasteiger partial charge in [0.2, 0.25) is 5.91 Å². The highest BCUT2D eigenvalue weighted by atomic mass is 35.5. The number of nitrogens with zero attached hydrogens (tertiary/aromatic N) is 4. The third-order valence-corrected chi connectivity index (χ3v) is 7.09. The number of nitrogens with one attached hydrogen (secondary N) is 1. The first-order valence-electron chi connectivity index (χ1n) is 12.4. The van der Waals surface area contributed by atoms with Gasteiger partial charge >= 0.3 is 6.09 Å². The summed E-state index contributed by atoms with van der Waals surface area (Å²) in [6.07, 6.45) is -0.816. The van der Waals surface area contributed by atoms with Crippen LogP contribution in [0, 0.1) is 17.1 Å². The van der Waals surface area contributed by atoms with E-state index in [9.17, 15) is 32.8 Å². The number of aromatic nitrogens is 1. The van der Waals surface area contributed by atoms with E-state index in [0.717, 1.165) is 21.9 Å². The summed E-state index contributed by atoms with van der Waals surface area (Å²) in [7, 11) is 0. The topological polar surface area (TPSA) is 116 Å². The number of hydrogen-bond donors (Lipinski definition) is 1. The molecule has 210 valence electrons. The quantitative estimate of drug-likeness (QED) is 0.429. The minimum Gasteiger partial charge on any atom is -0.446 e. The summed E-state index contributed by atoms with van der Waals surface area (Å²) in [5.41, 5.74) is 0.234. The van der Waals surface area contributed by atoms with Gasteiger partial charge in [0.05, 0.1) is 11.6 Å². The number of benzene rings is 2. The van der Waals surface area contributed by atoms with E-state index < -0.39 is 67.2 Å². The second-order valence-electron chi connectivity index (χ2n) is 9.56. The van der Waals surface area contributed by atoms with Gasteiger partial charge in [-0.2, -0.15) is 5.26 Å². The van der Waals surface area contributed by atoms with Crippen molar-refractivity contribution < 1.29 is 32.3 Å². The van der Waals surface area contributed by atoms with Crippen LogP contribution in [0.1, 0.15) is 30.0 Å². The number of pyridine rings is 1. The molecule has 0 radical (unpaired) electrons. The first-order valence-corrected chi connectivity index (χ1v) is 12.8. The number of halogens is 4. The molecule has 1 aromatic heterocycles. The number of nitriles is 1. The Morgan fingerprint density at radius 2 is 1.93 bits per heavy atom. The first-order chi connectivity index (χ1) is 19.6. The SMILES string of the molecule is N#Cc1ccnc(N2C(=O)OC[C@H]2C(=O)N(c2cccc(F)c2)[C@H](C(=O)NC2CC(F)(F)C2)c2ccccc2Cl)c1. The Bertz CT molecular complexity index is 1560. The van der Waals surface area contributed by atoms with Crippen molar-refractivity contribution in [3.05, 3.63) is 88.8 Å². The highest BCUT2D eigenvalue weighted by Crippen LogP contribution is 2.39. The summed E-state index contributed by atoms with van der Waals surface area (Å²) < 4.78 is 46.8. The lowest BCUT2D eigenvalue weighted by molar-refractivity contribution is -0.133. The summed E-state index contributed by atoms with van der Waals surface area (Å²) >= 11 is 6.46. The summed E-state index contributed by atoms with van der Waals surface area (Å²) in [6.45, 7) is -0.451. The first kappa shape index (κ1) is 27.9. The molecule has 9 nitrogen and oxygen atoms in total. The number of rotatable bonds is 7. The van der Waals surface area contributed by atoms with Crippen molar-refractivity contribution in [2.24, 2.45) is 0 Å². The molecular formula is C28H21ClF3N5O4. The van der Waals surface area contributed by atoms with Gasteiger partial charge in [-0.25, -0.2) is 27.8 Å². The van der Waals surface area contributed by atoms with Crippen LogP contribution in [-0.2, 0) is 14.3 Å². The van der Waals surface area contributed by atoms with E-state index in [-0.39, 0.29) is 27.7 Å². The maximum absolute atomic E-state index is 14.5. The Morgan fingerprint density at radius 3 is 2.61 bits per heavy atom. The van der Waals surface area contributed by atoms with Gasteiger partial charge in [-0.1, -0.05) is 35.9 Å². The van der Waals surface area contributed by atoms with Gasteiger partial charge in [-0.3, -0.25) is 14.5 Å². The molecule has 1 N–H and O–H groups in total. The second-order valence-corrected chi connectivity index (χ2v) is 9.97. The maximum atomic E-state index is 14.5. The van der Waals surface area contributed by atoms with Crippen LogP contribution in [0.2, 0.25) is 5.02 Å². The van der Waals surface area contributed by atoms with Crippen LogP contribution < -0.4 is 15.1 Å². The van der Waals surface area contributed by atoms with Gasteiger partial charge in [0.1, 0.15) is 24.3 Å². The van der Waals surface area contributed by atoms with E-state index in [4.69, 9.17) is 16.3 Å². The van der Waals surface area contributed by atoms with Crippen molar-refractivity contribution in [1.82, 2.24) is 10.3 Å². The third-order valence-electron chi connectivity index (χ3n) is 6.75. The number of ether oxygens (including phenoxy) is 1. The molecule has 2 fully saturated rings. The van der Waals surface area contributed by atoms with Crippen molar-refractivity contribution in [3.8, 4) is 6.07 Å². The van der Waals surface area contributed by atoms with Gasteiger partial charge in [0, 0.05) is 41.4 Å². The van der Waals surface area contributed by atoms with Crippen LogP contribution in [0.15, 0.2) is 66.9 Å². The largest absolute Gasteiger partial charge is 0.446 e. The molecule has 1 saturated heterocycles.